The second-order valence-corrected chi connectivity index (χ2v) is 8.25. The Bertz CT molecular complexity index is 1300. The van der Waals surface area contributed by atoms with Crippen molar-refractivity contribution in [1.29, 1.82) is 0 Å². The third kappa shape index (κ3) is 5.49. The van der Waals surface area contributed by atoms with E-state index in [-0.39, 0.29) is 23.8 Å². The van der Waals surface area contributed by atoms with E-state index in [4.69, 9.17) is 4.98 Å². The van der Waals surface area contributed by atoms with E-state index in [0.717, 1.165) is 10.9 Å². The number of nitrogens with zero attached hydrogens (tertiary/aromatic N) is 1. The zero-order chi connectivity index (χ0) is 23.4. The Morgan fingerprint density at radius 1 is 0.939 bits per heavy atom. The van der Waals surface area contributed by atoms with Crippen LogP contribution in [0.3, 0.4) is 0 Å². The zero-order valence-corrected chi connectivity index (χ0v) is 18.4. The molecule has 0 bridgehead atoms. The molecule has 0 radical (unpaired) electrons. The van der Waals surface area contributed by atoms with Gasteiger partial charge in [0.1, 0.15) is 17.4 Å². The first-order chi connectivity index (χ1) is 15.9. The fourth-order valence-corrected chi connectivity index (χ4v) is 3.92. The molecule has 1 heterocycles. The molecule has 0 aliphatic rings. The van der Waals surface area contributed by atoms with E-state index in [2.05, 4.69) is 0 Å². The maximum atomic E-state index is 14.0. The number of Topliss-reactive ketones (excluding diaryl/α,β-unsaturated/α-hetero) is 1. The molecule has 0 spiro atoms. The molecule has 1 aromatic heterocycles. The number of hydrogen-bond acceptors (Lipinski definition) is 3. The van der Waals surface area contributed by atoms with Gasteiger partial charge in [-0.1, -0.05) is 37.3 Å². The monoisotopic (exact) mass is 445 g/mol. The van der Waals surface area contributed by atoms with Crippen LogP contribution < -0.4 is 0 Å². The summed E-state index contributed by atoms with van der Waals surface area (Å²) in [6, 6.07) is 19.9. The molecule has 4 rings (SSSR count). The predicted octanol–water partition coefficient (Wildman–Crippen LogP) is 6.51. The molecule has 33 heavy (non-hydrogen) atoms. The molecule has 4 aromatic rings. The van der Waals surface area contributed by atoms with Crippen LogP contribution in [0.1, 0.15) is 31.7 Å². The molecule has 0 aliphatic heterocycles. The molecule has 1 atom stereocenters. The van der Waals surface area contributed by atoms with Crippen LogP contribution in [-0.4, -0.2) is 22.0 Å². The van der Waals surface area contributed by atoms with Gasteiger partial charge in [0.25, 0.3) is 0 Å². The summed E-state index contributed by atoms with van der Waals surface area (Å²) in [5.74, 6) is -0.676. The summed E-state index contributed by atoms with van der Waals surface area (Å²) in [6.45, 7) is 1.89. The van der Waals surface area contributed by atoms with E-state index >= 15 is 0 Å². The maximum Gasteiger partial charge on any atom is 0.137 e. The lowest BCUT2D eigenvalue weighted by atomic mass is 9.96. The highest BCUT2D eigenvalue weighted by Crippen LogP contribution is 2.34. The molecule has 0 amide bonds. The van der Waals surface area contributed by atoms with Crippen LogP contribution in [-0.2, 0) is 11.2 Å². The van der Waals surface area contributed by atoms with Gasteiger partial charge in [-0.15, -0.1) is 0 Å². The molecule has 168 valence electrons. The summed E-state index contributed by atoms with van der Waals surface area (Å²) >= 11 is 0. The van der Waals surface area contributed by atoms with Crippen LogP contribution in [0.25, 0.3) is 33.3 Å². The first-order valence-corrected chi connectivity index (χ1v) is 11.1. The minimum atomic E-state index is -0.454. The Morgan fingerprint density at radius 2 is 1.64 bits per heavy atom. The van der Waals surface area contributed by atoms with Crippen LogP contribution in [0.15, 0.2) is 72.8 Å². The molecule has 0 aliphatic carbocycles. The van der Waals surface area contributed by atoms with Gasteiger partial charge in [-0.25, -0.2) is 13.8 Å². The van der Waals surface area contributed by atoms with Gasteiger partial charge in [0.2, 0.25) is 0 Å². The van der Waals surface area contributed by atoms with Crippen molar-refractivity contribution in [2.75, 3.05) is 0 Å². The smallest absolute Gasteiger partial charge is 0.137 e. The summed E-state index contributed by atoms with van der Waals surface area (Å²) in [7, 11) is 0. The van der Waals surface area contributed by atoms with Crippen molar-refractivity contribution < 1.29 is 18.7 Å². The van der Waals surface area contributed by atoms with Crippen LogP contribution in [0.4, 0.5) is 8.78 Å². The van der Waals surface area contributed by atoms with Crippen molar-refractivity contribution in [3.8, 4) is 22.4 Å². The number of fused-ring (bicyclic) bond motifs is 1. The van der Waals surface area contributed by atoms with Crippen molar-refractivity contribution in [2.45, 2.75) is 38.7 Å². The fourth-order valence-electron chi connectivity index (χ4n) is 3.92. The van der Waals surface area contributed by atoms with Crippen LogP contribution in [0.5, 0.6) is 0 Å². The molecule has 3 nitrogen and oxygen atoms in total. The highest BCUT2D eigenvalue weighted by atomic mass is 19.1. The molecule has 0 saturated carbocycles. The number of ketones is 1. The minimum Gasteiger partial charge on any atom is -0.393 e. The van der Waals surface area contributed by atoms with Crippen molar-refractivity contribution in [3.63, 3.8) is 0 Å². The molecule has 1 N–H and O–H groups in total. The van der Waals surface area contributed by atoms with Gasteiger partial charge in [0.15, 0.2) is 0 Å². The van der Waals surface area contributed by atoms with Crippen molar-refractivity contribution >= 4 is 16.7 Å². The van der Waals surface area contributed by atoms with E-state index in [1.165, 1.54) is 24.3 Å². The van der Waals surface area contributed by atoms with Gasteiger partial charge in [-0.05, 0) is 66.4 Å². The zero-order valence-electron chi connectivity index (χ0n) is 18.4. The molecule has 5 heteroatoms. The van der Waals surface area contributed by atoms with Crippen molar-refractivity contribution in [2.24, 2.45) is 0 Å². The number of rotatable bonds is 8. The molecule has 0 saturated heterocycles. The highest BCUT2D eigenvalue weighted by molar-refractivity contribution is 5.92. The summed E-state index contributed by atoms with van der Waals surface area (Å²) in [6.07, 6.45) is 1.24. The number of aliphatic hydroxyl groups excluding tert-OH is 1. The number of carbonyl (C=O) groups excluding carboxylic acids is 1. The van der Waals surface area contributed by atoms with Crippen molar-refractivity contribution in [1.82, 2.24) is 4.98 Å². The first kappa shape index (κ1) is 22.7. The van der Waals surface area contributed by atoms with E-state index in [9.17, 15) is 18.7 Å². The van der Waals surface area contributed by atoms with E-state index < -0.39 is 6.10 Å². The standard InChI is InChI=1S/C28H25F2NO2/c1-2-24(32)10-11-25(33)14-18-9-12-27-21(13-18)17-26(19-5-3-7-22(29)15-19)28(31-27)20-6-4-8-23(30)16-20/h3-9,12-13,15-17,24,32H,2,10-11,14H2,1H3. The minimum absolute atomic E-state index is 0.0662. The lowest BCUT2D eigenvalue weighted by molar-refractivity contribution is -0.119. The van der Waals surface area contributed by atoms with Gasteiger partial charge in [0, 0.05) is 29.4 Å². The number of aromatic nitrogens is 1. The quantitative estimate of drug-likeness (QED) is 0.336. The molecular weight excluding hydrogens is 420 g/mol. The van der Waals surface area contributed by atoms with E-state index in [1.54, 1.807) is 24.3 Å². The van der Waals surface area contributed by atoms with Gasteiger partial charge >= 0.3 is 0 Å². The number of pyridine rings is 1. The van der Waals surface area contributed by atoms with Crippen LogP contribution >= 0.6 is 0 Å². The number of aliphatic hydroxyl groups is 1. The van der Waals surface area contributed by atoms with E-state index in [1.807, 2.05) is 31.2 Å². The van der Waals surface area contributed by atoms with Gasteiger partial charge < -0.3 is 5.11 Å². The first-order valence-electron chi connectivity index (χ1n) is 11.1. The largest absolute Gasteiger partial charge is 0.393 e. The summed E-state index contributed by atoms with van der Waals surface area (Å²) in [5.41, 5.74) is 4.03. The fraction of sp³-hybridized carbons (Fsp3) is 0.214. The normalized spacial score (nSPS) is 12.1. The van der Waals surface area contributed by atoms with Gasteiger partial charge in [-0.3, -0.25) is 4.79 Å². The summed E-state index contributed by atoms with van der Waals surface area (Å²) in [5, 5.41) is 10.5. The maximum absolute atomic E-state index is 14.0. The second-order valence-electron chi connectivity index (χ2n) is 8.25. The van der Waals surface area contributed by atoms with Gasteiger partial charge in [0.05, 0.1) is 17.3 Å². The summed E-state index contributed by atoms with van der Waals surface area (Å²) < 4.78 is 27.9. The van der Waals surface area contributed by atoms with Crippen LogP contribution in [0.2, 0.25) is 0 Å². The molecule has 0 fully saturated rings. The SMILES string of the molecule is CCC(O)CCC(=O)Cc1ccc2nc(-c3cccc(F)c3)c(-c3cccc(F)c3)cc2c1. The van der Waals surface area contributed by atoms with Crippen LogP contribution in [0, 0.1) is 11.6 Å². The second kappa shape index (κ2) is 10.0. The summed E-state index contributed by atoms with van der Waals surface area (Å²) in [4.78, 5) is 17.1. The number of halogens is 2. The average Bonchev–Trinajstić information content (AvgIpc) is 2.81. The average molecular weight is 446 g/mol. The Labute approximate surface area is 191 Å². The number of hydrogen-bond donors (Lipinski definition) is 1. The molecule has 3 aromatic carbocycles. The lowest BCUT2D eigenvalue weighted by Crippen LogP contribution is -2.10. The highest BCUT2D eigenvalue weighted by Gasteiger charge is 2.14. The van der Waals surface area contributed by atoms with E-state index in [0.29, 0.717) is 47.2 Å². The Kier molecular flexibility index (Phi) is 6.90. The Balaban J connectivity index is 1.75. The Hall–Kier alpha value is -3.44. The third-order valence-corrected chi connectivity index (χ3v) is 5.74. The molecular formula is C28H25F2NO2. The number of carbonyl (C=O) groups is 1. The predicted molar refractivity (Wildman–Crippen MR) is 127 cm³/mol. The van der Waals surface area contributed by atoms with Crippen molar-refractivity contribution in [3.05, 3.63) is 90.0 Å². The topological polar surface area (TPSA) is 50.2 Å². The van der Waals surface area contributed by atoms with Gasteiger partial charge in [-0.2, -0.15) is 0 Å². The lowest BCUT2D eigenvalue weighted by Gasteiger charge is -2.13. The molecule has 1 unspecified atom stereocenters. The Morgan fingerprint density at radius 3 is 2.33 bits per heavy atom. The number of benzene rings is 3. The third-order valence-electron chi connectivity index (χ3n) is 5.74.